The molecule has 1 unspecified atom stereocenters. The molecule has 1 aliphatic heterocycles. The third-order valence-corrected chi connectivity index (χ3v) is 6.14. The molecule has 29 heavy (non-hydrogen) atoms. The van der Waals surface area contributed by atoms with E-state index in [0.717, 1.165) is 46.4 Å². The molecule has 0 amide bonds. The van der Waals surface area contributed by atoms with Crippen LogP contribution in [0.5, 0.6) is 11.5 Å². The number of benzene rings is 2. The molecular formula is C25H32O4. The SMILES string of the molecule is CCCCCCOC(=O)c1ccc(C2(C)Cc3c(C)c(O)c(C)c(C)c3O2)cc1. The lowest BCUT2D eigenvalue weighted by Gasteiger charge is -2.25. The van der Waals surface area contributed by atoms with Gasteiger partial charge in [-0.05, 0) is 68.5 Å². The van der Waals surface area contributed by atoms with Crippen LogP contribution in [0.4, 0.5) is 0 Å². The normalized spacial score (nSPS) is 17.7. The van der Waals surface area contributed by atoms with Crippen LogP contribution in [0.3, 0.4) is 0 Å². The molecule has 0 spiro atoms. The van der Waals surface area contributed by atoms with Gasteiger partial charge in [0.1, 0.15) is 17.1 Å². The van der Waals surface area contributed by atoms with Gasteiger partial charge in [-0.3, -0.25) is 0 Å². The van der Waals surface area contributed by atoms with E-state index in [1.807, 2.05) is 45.0 Å². The number of rotatable bonds is 7. The van der Waals surface area contributed by atoms with Crippen molar-refractivity contribution in [2.45, 2.75) is 72.3 Å². The number of carbonyl (C=O) groups is 1. The maximum absolute atomic E-state index is 12.3. The number of aromatic hydroxyl groups is 1. The van der Waals surface area contributed by atoms with Crippen molar-refractivity contribution >= 4 is 5.97 Å². The van der Waals surface area contributed by atoms with Crippen LogP contribution >= 0.6 is 0 Å². The quantitative estimate of drug-likeness (QED) is 0.467. The Hall–Kier alpha value is -2.49. The van der Waals surface area contributed by atoms with Crippen molar-refractivity contribution in [3.05, 3.63) is 57.6 Å². The number of esters is 1. The van der Waals surface area contributed by atoms with Gasteiger partial charge in [0.25, 0.3) is 0 Å². The summed E-state index contributed by atoms with van der Waals surface area (Å²) in [4.78, 5) is 12.3. The predicted octanol–water partition coefficient (Wildman–Crippen LogP) is 5.90. The zero-order valence-corrected chi connectivity index (χ0v) is 18.2. The van der Waals surface area contributed by atoms with E-state index in [4.69, 9.17) is 9.47 Å². The Morgan fingerprint density at radius 1 is 1.07 bits per heavy atom. The standard InChI is InChI=1S/C25H32O4/c1-6-7-8-9-14-28-24(27)19-10-12-20(13-11-19)25(5)15-21-18(4)22(26)16(2)17(3)23(21)29-25/h10-13,26H,6-9,14-15H2,1-5H3. The van der Waals surface area contributed by atoms with Crippen LogP contribution in [-0.2, 0) is 16.8 Å². The van der Waals surface area contributed by atoms with Gasteiger partial charge in [0.15, 0.2) is 0 Å². The minimum absolute atomic E-state index is 0.277. The summed E-state index contributed by atoms with van der Waals surface area (Å²) in [6, 6.07) is 7.50. The predicted molar refractivity (Wildman–Crippen MR) is 115 cm³/mol. The van der Waals surface area contributed by atoms with Crippen LogP contribution in [0.1, 0.15) is 77.7 Å². The molecule has 2 aromatic rings. The number of carbonyl (C=O) groups excluding carboxylic acids is 1. The maximum Gasteiger partial charge on any atom is 0.338 e. The highest BCUT2D eigenvalue weighted by Crippen LogP contribution is 2.48. The van der Waals surface area contributed by atoms with Crippen LogP contribution < -0.4 is 4.74 Å². The molecule has 4 nitrogen and oxygen atoms in total. The van der Waals surface area contributed by atoms with Crippen LogP contribution in [0.2, 0.25) is 0 Å². The van der Waals surface area contributed by atoms with Crippen molar-refractivity contribution in [3.63, 3.8) is 0 Å². The van der Waals surface area contributed by atoms with E-state index in [0.29, 0.717) is 24.3 Å². The van der Waals surface area contributed by atoms with E-state index in [2.05, 4.69) is 13.8 Å². The second-order valence-electron chi connectivity index (χ2n) is 8.31. The summed E-state index contributed by atoms with van der Waals surface area (Å²) < 4.78 is 11.8. The van der Waals surface area contributed by atoms with Gasteiger partial charge in [0.2, 0.25) is 0 Å². The van der Waals surface area contributed by atoms with E-state index >= 15 is 0 Å². The lowest BCUT2D eigenvalue weighted by Crippen LogP contribution is -2.27. The highest BCUT2D eigenvalue weighted by molar-refractivity contribution is 5.89. The Morgan fingerprint density at radius 2 is 1.76 bits per heavy atom. The Balaban J connectivity index is 1.72. The lowest BCUT2D eigenvalue weighted by atomic mass is 9.88. The van der Waals surface area contributed by atoms with E-state index in [-0.39, 0.29) is 5.97 Å². The molecule has 0 saturated heterocycles. The third-order valence-electron chi connectivity index (χ3n) is 6.14. The van der Waals surface area contributed by atoms with Crippen LogP contribution in [0.25, 0.3) is 0 Å². The molecular weight excluding hydrogens is 364 g/mol. The molecule has 0 aromatic heterocycles. The van der Waals surface area contributed by atoms with Crippen LogP contribution in [0, 0.1) is 20.8 Å². The molecule has 0 radical (unpaired) electrons. The second-order valence-corrected chi connectivity index (χ2v) is 8.31. The minimum atomic E-state index is -0.527. The summed E-state index contributed by atoms with van der Waals surface area (Å²) in [6.07, 6.45) is 5.02. The van der Waals surface area contributed by atoms with Gasteiger partial charge in [0, 0.05) is 12.0 Å². The Morgan fingerprint density at radius 3 is 2.41 bits per heavy atom. The molecule has 1 heterocycles. The molecule has 1 N–H and O–H groups in total. The van der Waals surface area contributed by atoms with Crippen LogP contribution in [0.15, 0.2) is 24.3 Å². The number of phenolic OH excluding ortho intramolecular Hbond substituents is 1. The summed E-state index contributed by atoms with van der Waals surface area (Å²) in [7, 11) is 0. The number of hydrogen-bond donors (Lipinski definition) is 1. The Kier molecular flexibility index (Phi) is 6.21. The van der Waals surface area contributed by atoms with E-state index in [1.54, 1.807) is 0 Å². The summed E-state index contributed by atoms with van der Waals surface area (Å²) in [6.45, 7) is 10.5. The van der Waals surface area contributed by atoms with Crippen molar-refractivity contribution in [2.75, 3.05) is 6.61 Å². The number of phenols is 1. The zero-order chi connectivity index (χ0) is 21.2. The van der Waals surface area contributed by atoms with Gasteiger partial charge >= 0.3 is 5.97 Å². The average molecular weight is 397 g/mol. The average Bonchev–Trinajstić information content (AvgIpc) is 3.09. The molecule has 0 saturated carbocycles. The van der Waals surface area contributed by atoms with Gasteiger partial charge < -0.3 is 14.6 Å². The number of unbranched alkanes of at least 4 members (excludes halogenated alkanes) is 3. The Bertz CT molecular complexity index is 859. The first-order valence-electron chi connectivity index (χ1n) is 10.6. The fourth-order valence-corrected chi connectivity index (χ4v) is 4.02. The molecule has 0 aliphatic carbocycles. The van der Waals surface area contributed by atoms with Gasteiger partial charge in [-0.25, -0.2) is 4.79 Å². The topological polar surface area (TPSA) is 55.8 Å². The van der Waals surface area contributed by atoms with Crippen LogP contribution in [-0.4, -0.2) is 17.7 Å². The summed E-state index contributed by atoms with van der Waals surface area (Å²) in [5.41, 5.74) is 4.82. The molecule has 2 aromatic carbocycles. The minimum Gasteiger partial charge on any atom is -0.507 e. The van der Waals surface area contributed by atoms with E-state index in [1.165, 1.54) is 12.8 Å². The number of fused-ring (bicyclic) bond motifs is 1. The molecule has 0 fully saturated rings. The highest BCUT2D eigenvalue weighted by Gasteiger charge is 2.39. The van der Waals surface area contributed by atoms with Crippen molar-refractivity contribution in [2.24, 2.45) is 0 Å². The smallest absolute Gasteiger partial charge is 0.338 e. The summed E-state index contributed by atoms with van der Waals surface area (Å²) in [5, 5.41) is 10.4. The molecule has 156 valence electrons. The van der Waals surface area contributed by atoms with Gasteiger partial charge in [-0.2, -0.15) is 0 Å². The van der Waals surface area contributed by atoms with E-state index in [9.17, 15) is 9.90 Å². The third kappa shape index (κ3) is 4.12. The van der Waals surface area contributed by atoms with E-state index < -0.39 is 5.60 Å². The molecule has 4 heteroatoms. The summed E-state index contributed by atoms with van der Waals surface area (Å²) in [5.74, 6) is 0.947. The van der Waals surface area contributed by atoms with Gasteiger partial charge in [-0.1, -0.05) is 38.3 Å². The fourth-order valence-electron chi connectivity index (χ4n) is 4.02. The first kappa shape index (κ1) is 21.2. The second kappa shape index (κ2) is 8.48. The molecule has 1 aliphatic rings. The highest BCUT2D eigenvalue weighted by atomic mass is 16.5. The fraction of sp³-hybridized carbons (Fsp3) is 0.480. The molecule has 3 rings (SSSR count). The monoisotopic (exact) mass is 396 g/mol. The van der Waals surface area contributed by atoms with Crippen molar-refractivity contribution in [1.29, 1.82) is 0 Å². The van der Waals surface area contributed by atoms with Crippen molar-refractivity contribution in [1.82, 2.24) is 0 Å². The largest absolute Gasteiger partial charge is 0.507 e. The maximum atomic E-state index is 12.3. The van der Waals surface area contributed by atoms with Gasteiger partial charge in [-0.15, -0.1) is 0 Å². The van der Waals surface area contributed by atoms with Crippen molar-refractivity contribution < 1.29 is 19.4 Å². The Labute approximate surface area is 173 Å². The lowest BCUT2D eigenvalue weighted by molar-refractivity contribution is 0.0497. The number of hydrogen-bond acceptors (Lipinski definition) is 4. The number of ether oxygens (including phenoxy) is 2. The first-order valence-corrected chi connectivity index (χ1v) is 10.6. The zero-order valence-electron chi connectivity index (χ0n) is 18.2. The molecule has 1 atom stereocenters. The van der Waals surface area contributed by atoms with Gasteiger partial charge in [0.05, 0.1) is 12.2 Å². The molecule has 0 bridgehead atoms. The first-order chi connectivity index (χ1) is 13.8. The summed E-state index contributed by atoms with van der Waals surface area (Å²) >= 11 is 0. The van der Waals surface area contributed by atoms with Crippen molar-refractivity contribution in [3.8, 4) is 11.5 Å².